The molecule has 0 unspecified atom stereocenters. The molecule has 4 nitrogen and oxygen atoms in total. The molecule has 0 spiro atoms. The lowest BCUT2D eigenvalue weighted by Crippen LogP contribution is -2.61. The quantitative estimate of drug-likeness (QED) is 0.896. The second-order valence-electron chi connectivity index (χ2n) is 8.32. The fourth-order valence-electron chi connectivity index (χ4n) is 4.04. The van der Waals surface area contributed by atoms with Crippen LogP contribution in [-0.2, 0) is 4.79 Å². The van der Waals surface area contributed by atoms with Crippen LogP contribution in [0.4, 0.5) is 5.69 Å². The van der Waals surface area contributed by atoms with Gasteiger partial charge in [0.05, 0.1) is 0 Å². The van der Waals surface area contributed by atoms with Crippen LogP contribution in [0.5, 0.6) is 0 Å². The first kappa shape index (κ1) is 17.3. The van der Waals surface area contributed by atoms with Gasteiger partial charge in [-0.1, -0.05) is 39.0 Å². The molecule has 4 heteroatoms. The van der Waals surface area contributed by atoms with Crippen molar-refractivity contribution in [3.05, 3.63) is 30.3 Å². The number of hydrogen-bond acceptors (Lipinski definition) is 3. The van der Waals surface area contributed by atoms with Gasteiger partial charge in [-0.15, -0.1) is 0 Å². The van der Waals surface area contributed by atoms with Crippen molar-refractivity contribution in [1.82, 2.24) is 10.6 Å². The molecule has 2 aliphatic heterocycles. The second-order valence-corrected chi connectivity index (χ2v) is 8.32. The molecule has 2 N–H and O–H groups in total. The van der Waals surface area contributed by atoms with Crippen molar-refractivity contribution in [3.63, 3.8) is 0 Å². The minimum atomic E-state index is 0.0818. The number of piperidine rings is 2. The summed E-state index contributed by atoms with van der Waals surface area (Å²) in [6.45, 7) is 8.85. The number of hydrogen-bond donors (Lipinski definition) is 2. The molecular weight excluding hydrogens is 298 g/mol. The van der Waals surface area contributed by atoms with Gasteiger partial charge in [-0.3, -0.25) is 4.79 Å². The molecule has 1 aromatic carbocycles. The molecule has 2 aliphatic rings. The molecule has 0 saturated carbocycles. The van der Waals surface area contributed by atoms with Crippen LogP contribution in [0.25, 0.3) is 0 Å². The Morgan fingerprint density at radius 3 is 2.38 bits per heavy atom. The Balaban J connectivity index is 1.56. The van der Waals surface area contributed by atoms with E-state index in [4.69, 9.17) is 0 Å². The highest BCUT2D eigenvalue weighted by Gasteiger charge is 2.37. The van der Waals surface area contributed by atoms with Gasteiger partial charge in [0.15, 0.2) is 0 Å². The van der Waals surface area contributed by atoms with Crippen LogP contribution in [0.2, 0.25) is 0 Å². The number of benzene rings is 1. The van der Waals surface area contributed by atoms with Crippen LogP contribution in [0.3, 0.4) is 0 Å². The predicted molar refractivity (Wildman–Crippen MR) is 99.2 cm³/mol. The topological polar surface area (TPSA) is 44.4 Å². The summed E-state index contributed by atoms with van der Waals surface area (Å²) in [5.41, 5.74) is 1.41. The zero-order chi connectivity index (χ0) is 17.2. The summed E-state index contributed by atoms with van der Waals surface area (Å²) in [5, 5.41) is 7.08. The van der Waals surface area contributed by atoms with E-state index in [1.54, 1.807) is 0 Å². The summed E-state index contributed by atoms with van der Waals surface area (Å²) in [4.78, 5) is 14.3. The summed E-state index contributed by atoms with van der Waals surface area (Å²) in [6, 6.07) is 11.8. The van der Waals surface area contributed by atoms with Crippen molar-refractivity contribution < 1.29 is 4.79 Å². The maximum atomic E-state index is 11.8. The summed E-state index contributed by atoms with van der Waals surface area (Å²) in [5.74, 6) is 0.201. The number of carbonyl (C=O) groups is 1. The summed E-state index contributed by atoms with van der Waals surface area (Å²) < 4.78 is 0. The van der Waals surface area contributed by atoms with Gasteiger partial charge in [-0.2, -0.15) is 0 Å². The van der Waals surface area contributed by atoms with Gasteiger partial charge in [0.1, 0.15) is 0 Å². The second kappa shape index (κ2) is 7.14. The van der Waals surface area contributed by atoms with E-state index in [0.717, 1.165) is 32.4 Å². The van der Waals surface area contributed by atoms with Crippen molar-refractivity contribution in [2.75, 3.05) is 18.0 Å². The number of para-hydroxylation sites is 1. The van der Waals surface area contributed by atoms with Crippen LogP contribution in [0.15, 0.2) is 30.3 Å². The molecule has 0 aromatic heterocycles. The normalized spacial score (nSPS) is 26.3. The lowest BCUT2D eigenvalue weighted by Gasteiger charge is -2.44. The minimum absolute atomic E-state index is 0.0818. The zero-order valence-electron chi connectivity index (χ0n) is 15.2. The van der Waals surface area contributed by atoms with Crippen LogP contribution < -0.4 is 15.5 Å². The van der Waals surface area contributed by atoms with Crippen LogP contribution in [-0.4, -0.2) is 37.1 Å². The van der Waals surface area contributed by atoms with Crippen molar-refractivity contribution in [3.8, 4) is 0 Å². The maximum Gasteiger partial charge on any atom is 0.220 e. The van der Waals surface area contributed by atoms with Gasteiger partial charge in [0.25, 0.3) is 0 Å². The smallest absolute Gasteiger partial charge is 0.220 e. The third-order valence-electron chi connectivity index (χ3n) is 5.40. The van der Waals surface area contributed by atoms with E-state index in [2.05, 4.69) is 66.6 Å². The van der Waals surface area contributed by atoms with Crippen molar-refractivity contribution in [2.45, 2.75) is 64.6 Å². The Morgan fingerprint density at radius 1 is 1.08 bits per heavy atom. The Kier molecular flexibility index (Phi) is 5.14. The van der Waals surface area contributed by atoms with Crippen LogP contribution in [0, 0.1) is 5.41 Å². The first-order valence-electron chi connectivity index (χ1n) is 9.29. The van der Waals surface area contributed by atoms with Gasteiger partial charge in [-0.25, -0.2) is 0 Å². The zero-order valence-corrected chi connectivity index (χ0v) is 15.2. The maximum absolute atomic E-state index is 11.8. The number of anilines is 1. The molecule has 2 heterocycles. The molecule has 132 valence electrons. The Hall–Kier alpha value is -1.55. The number of rotatable bonds is 3. The largest absolute Gasteiger partial charge is 0.371 e. The van der Waals surface area contributed by atoms with Crippen LogP contribution >= 0.6 is 0 Å². The van der Waals surface area contributed by atoms with E-state index < -0.39 is 0 Å². The Morgan fingerprint density at radius 2 is 1.75 bits per heavy atom. The van der Waals surface area contributed by atoms with E-state index in [1.165, 1.54) is 5.69 Å². The molecule has 2 saturated heterocycles. The van der Waals surface area contributed by atoms with Gasteiger partial charge in [-0.05, 0) is 36.8 Å². The Labute approximate surface area is 146 Å². The summed E-state index contributed by atoms with van der Waals surface area (Å²) in [7, 11) is 0. The highest BCUT2D eigenvalue weighted by atomic mass is 16.1. The molecule has 2 fully saturated rings. The molecule has 0 aliphatic carbocycles. The van der Waals surface area contributed by atoms with Crippen molar-refractivity contribution in [1.29, 1.82) is 0 Å². The highest BCUT2D eigenvalue weighted by molar-refractivity contribution is 5.77. The Bertz CT molecular complexity index is 544. The monoisotopic (exact) mass is 329 g/mol. The van der Waals surface area contributed by atoms with E-state index >= 15 is 0 Å². The molecule has 24 heavy (non-hydrogen) atoms. The van der Waals surface area contributed by atoms with E-state index in [1.807, 2.05) is 0 Å². The molecule has 2 atom stereocenters. The van der Waals surface area contributed by atoms with Crippen molar-refractivity contribution in [2.24, 2.45) is 5.41 Å². The van der Waals surface area contributed by atoms with Gasteiger partial charge in [0, 0.05) is 43.3 Å². The number of amides is 1. The number of carbonyl (C=O) groups excluding carboxylic acids is 1. The lowest BCUT2D eigenvalue weighted by atomic mass is 9.78. The van der Waals surface area contributed by atoms with Gasteiger partial charge < -0.3 is 15.5 Å². The fourth-order valence-corrected chi connectivity index (χ4v) is 4.04. The fraction of sp³-hybridized carbons (Fsp3) is 0.650. The third-order valence-corrected chi connectivity index (χ3v) is 5.40. The molecule has 1 amide bonds. The van der Waals surface area contributed by atoms with E-state index in [0.29, 0.717) is 18.5 Å². The van der Waals surface area contributed by atoms with Crippen LogP contribution in [0.1, 0.15) is 46.5 Å². The standard InChI is InChI=1S/C20H31N3O/c1-20(2,3)19-17(9-10-18(24)22-19)21-15-11-13-23(14-12-15)16-7-5-4-6-8-16/h4-8,15,17,19,21H,9-14H2,1-3H3,(H,22,24)/t17-,19-/m1/s1. The summed E-state index contributed by atoms with van der Waals surface area (Å²) in [6.07, 6.45) is 3.92. The molecule has 0 radical (unpaired) electrons. The molecule has 3 rings (SSSR count). The van der Waals surface area contributed by atoms with E-state index in [9.17, 15) is 4.79 Å². The predicted octanol–water partition coefficient (Wildman–Crippen LogP) is 2.94. The third kappa shape index (κ3) is 4.10. The lowest BCUT2D eigenvalue weighted by molar-refractivity contribution is -0.125. The van der Waals surface area contributed by atoms with E-state index in [-0.39, 0.29) is 17.4 Å². The first-order chi connectivity index (χ1) is 11.4. The minimum Gasteiger partial charge on any atom is -0.371 e. The van der Waals surface area contributed by atoms with Gasteiger partial charge in [0.2, 0.25) is 5.91 Å². The summed E-state index contributed by atoms with van der Waals surface area (Å²) >= 11 is 0. The number of nitrogens with one attached hydrogen (secondary N) is 2. The SMILES string of the molecule is CC(C)(C)[C@@H]1NC(=O)CC[C@H]1NC1CCN(c2ccccc2)CC1. The average Bonchev–Trinajstić information content (AvgIpc) is 2.57. The molecule has 1 aromatic rings. The first-order valence-corrected chi connectivity index (χ1v) is 9.29. The molecule has 0 bridgehead atoms. The number of nitrogens with zero attached hydrogens (tertiary/aromatic N) is 1. The average molecular weight is 329 g/mol. The highest BCUT2D eigenvalue weighted by Crippen LogP contribution is 2.28. The van der Waals surface area contributed by atoms with Crippen molar-refractivity contribution >= 4 is 11.6 Å². The molecular formula is C20H31N3O. The van der Waals surface area contributed by atoms with Gasteiger partial charge >= 0.3 is 0 Å².